The monoisotopic (exact) mass is 239 g/mol. The molecule has 3 nitrogen and oxygen atoms in total. The van der Waals surface area contributed by atoms with Crippen molar-refractivity contribution in [3.8, 4) is 0 Å². The third kappa shape index (κ3) is 2.23. The summed E-state index contributed by atoms with van der Waals surface area (Å²) >= 11 is 1.84. The van der Waals surface area contributed by atoms with Gasteiger partial charge in [-0.05, 0) is 33.2 Å². The number of rotatable bonds is 3. The molecular formula is C12H21N3S. The molecule has 1 aliphatic heterocycles. The molecule has 0 aromatic carbocycles. The van der Waals surface area contributed by atoms with Gasteiger partial charge in [-0.15, -0.1) is 11.3 Å². The highest BCUT2D eigenvalue weighted by atomic mass is 32.1. The molecule has 0 saturated carbocycles. The molecule has 2 unspecified atom stereocenters. The lowest BCUT2D eigenvalue weighted by Gasteiger charge is -2.13. The van der Waals surface area contributed by atoms with E-state index in [1.165, 1.54) is 35.2 Å². The predicted molar refractivity (Wildman–Crippen MR) is 70.3 cm³/mol. The Labute approximate surface area is 102 Å². The molecule has 1 saturated heterocycles. The Morgan fingerprint density at radius 1 is 1.56 bits per heavy atom. The van der Waals surface area contributed by atoms with Crippen LogP contribution in [0.1, 0.15) is 36.9 Å². The van der Waals surface area contributed by atoms with Gasteiger partial charge in [0.1, 0.15) is 0 Å². The highest BCUT2D eigenvalue weighted by Crippen LogP contribution is 2.33. The number of hydrogen-bond donors (Lipinski definition) is 1. The summed E-state index contributed by atoms with van der Waals surface area (Å²) in [5.74, 6) is 0.814. The van der Waals surface area contributed by atoms with Crippen LogP contribution in [-0.4, -0.2) is 25.1 Å². The van der Waals surface area contributed by atoms with Crippen molar-refractivity contribution in [2.24, 2.45) is 5.92 Å². The third-order valence-electron chi connectivity index (χ3n) is 3.34. The first-order valence-corrected chi connectivity index (χ1v) is 6.83. The fraction of sp³-hybridized carbons (Fsp3) is 0.750. The largest absolute Gasteiger partial charge is 0.348 e. The van der Waals surface area contributed by atoms with Crippen LogP contribution in [0.2, 0.25) is 0 Å². The summed E-state index contributed by atoms with van der Waals surface area (Å²) in [4.78, 5) is 8.50. The van der Waals surface area contributed by atoms with Crippen molar-refractivity contribution >= 4 is 16.5 Å². The summed E-state index contributed by atoms with van der Waals surface area (Å²) < 4.78 is 0. The molecule has 1 aromatic heterocycles. The third-order valence-corrected chi connectivity index (χ3v) is 4.74. The summed E-state index contributed by atoms with van der Waals surface area (Å²) in [6.45, 7) is 8.96. The Balaban J connectivity index is 2.17. The van der Waals surface area contributed by atoms with E-state index in [9.17, 15) is 0 Å². The minimum Gasteiger partial charge on any atom is -0.348 e. The molecule has 0 amide bonds. The molecule has 0 radical (unpaired) electrons. The minimum absolute atomic E-state index is 0.409. The van der Waals surface area contributed by atoms with Crippen molar-refractivity contribution in [3.63, 3.8) is 0 Å². The first kappa shape index (κ1) is 11.9. The quantitative estimate of drug-likeness (QED) is 0.878. The zero-order valence-electron chi connectivity index (χ0n) is 10.6. The van der Waals surface area contributed by atoms with E-state index in [-0.39, 0.29) is 0 Å². The van der Waals surface area contributed by atoms with Gasteiger partial charge < -0.3 is 10.2 Å². The Morgan fingerprint density at radius 2 is 2.31 bits per heavy atom. The molecule has 90 valence electrons. The molecule has 1 fully saturated rings. The van der Waals surface area contributed by atoms with Crippen molar-refractivity contribution in [2.75, 3.05) is 25.0 Å². The Kier molecular flexibility index (Phi) is 3.50. The SMILES string of the molecule is CNC(C)c1sc(N2CCC(C)C2)nc1C. The van der Waals surface area contributed by atoms with Gasteiger partial charge in [0.2, 0.25) is 0 Å². The molecule has 0 aliphatic carbocycles. The molecule has 0 spiro atoms. The Morgan fingerprint density at radius 3 is 2.88 bits per heavy atom. The fourth-order valence-electron chi connectivity index (χ4n) is 2.17. The van der Waals surface area contributed by atoms with E-state index < -0.39 is 0 Å². The molecule has 0 bridgehead atoms. The first-order valence-electron chi connectivity index (χ1n) is 6.01. The molecule has 1 aliphatic rings. The highest BCUT2D eigenvalue weighted by Gasteiger charge is 2.23. The van der Waals surface area contributed by atoms with Gasteiger partial charge in [0.25, 0.3) is 0 Å². The van der Waals surface area contributed by atoms with E-state index in [0.29, 0.717) is 6.04 Å². The van der Waals surface area contributed by atoms with Crippen molar-refractivity contribution in [3.05, 3.63) is 10.6 Å². The normalized spacial score (nSPS) is 22.8. The lowest BCUT2D eigenvalue weighted by molar-refractivity contribution is 0.658. The molecule has 2 rings (SSSR count). The molecule has 16 heavy (non-hydrogen) atoms. The van der Waals surface area contributed by atoms with Crippen LogP contribution in [0.4, 0.5) is 5.13 Å². The second-order valence-corrected chi connectivity index (χ2v) is 5.81. The number of aryl methyl sites for hydroxylation is 1. The van der Waals surface area contributed by atoms with Gasteiger partial charge in [-0.2, -0.15) is 0 Å². The van der Waals surface area contributed by atoms with Crippen LogP contribution >= 0.6 is 11.3 Å². The molecule has 2 atom stereocenters. The van der Waals surface area contributed by atoms with Crippen LogP contribution in [0.3, 0.4) is 0 Å². The maximum absolute atomic E-state index is 4.70. The number of anilines is 1. The van der Waals surface area contributed by atoms with Gasteiger partial charge in [-0.25, -0.2) is 4.98 Å². The van der Waals surface area contributed by atoms with Crippen molar-refractivity contribution in [2.45, 2.75) is 33.2 Å². The Bertz CT molecular complexity index is 361. The van der Waals surface area contributed by atoms with Crippen LogP contribution in [0.25, 0.3) is 0 Å². The minimum atomic E-state index is 0.409. The topological polar surface area (TPSA) is 28.2 Å². The zero-order valence-corrected chi connectivity index (χ0v) is 11.4. The summed E-state index contributed by atoms with van der Waals surface area (Å²) in [6.07, 6.45) is 1.30. The average Bonchev–Trinajstić information content (AvgIpc) is 2.83. The van der Waals surface area contributed by atoms with E-state index >= 15 is 0 Å². The highest BCUT2D eigenvalue weighted by molar-refractivity contribution is 7.15. The summed E-state index contributed by atoms with van der Waals surface area (Å²) in [6, 6.07) is 0.409. The number of aromatic nitrogens is 1. The van der Waals surface area contributed by atoms with E-state index in [1.54, 1.807) is 0 Å². The van der Waals surface area contributed by atoms with Crippen LogP contribution in [0.15, 0.2) is 0 Å². The van der Waals surface area contributed by atoms with Gasteiger partial charge in [0, 0.05) is 24.0 Å². The second kappa shape index (κ2) is 4.72. The van der Waals surface area contributed by atoms with Gasteiger partial charge in [-0.3, -0.25) is 0 Å². The summed E-state index contributed by atoms with van der Waals surface area (Å²) in [5, 5.41) is 4.49. The number of nitrogens with zero attached hydrogens (tertiary/aromatic N) is 2. The van der Waals surface area contributed by atoms with Gasteiger partial charge in [0.15, 0.2) is 5.13 Å². The number of nitrogens with one attached hydrogen (secondary N) is 1. The van der Waals surface area contributed by atoms with Gasteiger partial charge in [0.05, 0.1) is 5.69 Å². The molecular weight excluding hydrogens is 218 g/mol. The second-order valence-electron chi connectivity index (χ2n) is 4.80. The first-order chi connectivity index (χ1) is 7.61. The van der Waals surface area contributed by atoms with Gasteiger partial charge in [-0.1, -0.05) is 6.92 Å². The number of hydrogen-bond acceptors (Lipinski definition) is 4. The molecule has 1 N–H and O–H groups in total. The summed E-state index contributed by atoms with van der Waals surface area (Å²) in [5.41, 5.74) is 1.18. The van der Waals surface area contributed by atoms with Crippen LogP contribution in [-0.2, 0) is 0 Å². The van der Waals surface area contributed by atoms with E-state index in [1.807, 2.05) is 18.4 Å². The Hall–Kier alpha value is -0.610. The standard InChI is InChI=1S/C12H21N3S/c1-8-5-6-15(7-8)12-14-10(3)11(16-12)9(2)13-4/h8-9,13H,5-7H2,1-4H3. The molecule has 4 heteroatoms. The zero-order chi connectivity index (χ0) is 11.7. The number of thiazole rings is 1. The predicted octanol–water partition coefficient (Wildman–Crippen LogP) is 2.58. The molecule has 2 heterocycles. The van der Waals surface area contributed by atoms with Crippen molar-refractivity contribution in [1.29, 1.82) is 0 Å². The van der Waals surface area contributed by atoms with Gasteiger partial charge >= 0.3 is 0 Å². The van der Waals surface area contributed by atoms with Crippen molar-refractivity contribution < 1.29 is 0 Å². The smallest absolute Gasteiger partial charge is 0.185 e. The fourth-order valence-corrected chi connectivity index (χ4v) is 3.33. The van der Waals surface area contributed by atoms with E-state index in [2.05, 4.69) is 31.0 Å². The van der Waals surface area contributed by atoms with Crippen LogP contribution in [0, 0.1) is 12.8 Å². The van der Waals surface area contributed by atoms with E-state index in [4.69, 9.17) is 4.98 Å². The lowest BCUT2D eigenvalue weighted by atomic mass is 10.2. The molecule has 1 aromatic rings. The summed E-state index contributed by atoms with van der Waals surface area (Å²) in [7, 11) is 2.00. The van der Waals surface area contributed by atoms with Crippen LogP contribution in [0.5, 0.6) is 0 Å². The maximum atomic E-state index is 4.70. The lowest BCUT2D eigenvalue weighted by Crippen LogP contribution is -2.18. The average molecular weight is 239 g/mol. The van der Waals surface area contributed by atoms with Crippen molar-refractivity contribution in [1.82, 2.24) is 10.3 Å². The van der Waals surface area contributed by atoms with Crippen LogP contribution < -0.4 is 10.2 Å². The van der Waals surface area contributed by atoms with E-state index in [0.717, 1.165) is 5.92 Å². The maximum Gasteiger partial charge on any atom is 0.185 e.